The molecule has 2 aromatic carbocycles. The minimum Gasteiger partial charge on any atom is -0.349 e. The zero-order valence-corrected chi connectivity index (χ0v) is 18.3. The molecule has 0 aliphatic heterocycles. The van der Waals surface area contributed by atoms with E-state index in [2.05, 4.69) is 10.6 Å². The lowest BCUT2D eigenvalue weighted by atomic mass is 9.67. The Bertz CT molecular complexity index is 931. The molecule has 0 heterocycles. The van der Waals surface area contributed by atoms with Crippen LogP contribution in [-0.4, -0.2) is 19.0 Å². The van der Waals surface area contributed by atoms with Crippen molar-refractivity contribution < 1.29 is 31.1 Å². The lowest BCUT2D eigenvalue weighted by Crippen LogP contribution is -2.49. The van der Waals surface area contributed by atoms with Crippen molar-refractivity contribution in [3.8, 4) is 0 Å². The zero-order valence-electron chi connectivity index (χ0n) is 18.3. The number of amides is 1. The van der Waals surface area contributed by atoms with Crippen LogP contribution in [0, 0.1) is 0 Å². The molecule has 2 aromatic rings. The molecule has 1 atom stereocenters. The number of halogens is 6. The van der Waals surface area contributed by atoms with Crippen molar-refractivity contribution >= 4 is 5.91 Å². The van der Waals surface area contributed by atoms with E-state index in [0.29, 0.717) is 25.0 Å². The van der Waals surface area contributed by atoms with Gasteiger partial charge in [-0.25, -0.2) is 0 Å². The molecule has 0 radical (unpaired) electrons. The molecule has 0 saturated heterocycles. The number of rotatable bonds is 5. The molecule has 1 aliphatic carbocycles. The number of hydrogen-bond acceptors (Lipinski definition) is 2. The maximum atomic E-state index is 13.5. The van der Waals surface area contributed by atoms with E-state index in [4.69, 9.17) is 0 Å². The van der Waals surface area contributed by atoms with E-state index in [0.717, 1.165) is 18.4 Å². The van der Waals surface area contributed by atoms with E-state index < -0.39 is 40.8 Å². The van der Waals surface area contributed by atoms with Crippen LogP contribution in [0.15, 0.2) is 48.5 Å². The molecule has 0 bridgehead atoms. The standard InChI is InChI=1S/C24H26F6N2O/c1-15(16-12-18(23(25,26)27)14-19(13-16)24(28,29)30)32-21(33)22(17-6-4-3-5-7-17)10-8-20(31-2)9-11-22/h3-7,12-15,20,31H,8-11H2,1-2H3,(H,32,33). The lowest BCUT2D eigenvalue weighted by Gasteiger charge is -2.40. The molecule has 9 heteroatoms. The molecule has 180 valence electrons. The molecule has 1 saturated carbocycles. The van der Waals surface area contributed by atoms with Crippen LogP contribution in [-0.2, 0) is 22.6 Å². The Kier molecular flexibility index (Phi) is 7.12. The van der Waals surface area contributed by atoms with Crippen molar-refractivity contribution in [1.29, 1.82) is 0 Å². The summed E-state index contributed by atoms with van der Waals surface area (Å²) in [6.07, 6.45) is -7.44. The van der Waals surface area contributed by atoms with Crippen LogP contribution in [0.2, 0.25) is 0 Å². The summed E-state index contributed by atoms with van der Waals surface area (Å²) in [4.78, 5) is 13.5. The van der Waals surface area contributed by atoms with Crippen LogP contribution >= 0.6 is 0 Å². The van der Waals surface area contributed by atoms with E-state index in [1.165, 1.54) is 6.92 Å². The summed E-state index contributed by atoms with van der Waals surface area (Å²) in [6, 6.07) is 9.68. The highest BCUT2D eigenvalue weighted by atomic mass is 19.4. The number of carbonyl (C=O) groups excluding carboxylic acids is 1. The Morgan fingerprint density at radius 3 is 1.91 bits per heavy atom. The van der Waals surface area contributed by atoms with Gasteiger partial charge in [0.15, 0.2) is 0 Å². The van der Waals surface area contributed by atoms with Gasteiger partial charge in [-0.05, 0) is 69.0 Å². The Hall–Kier alpha value is -2.55. The van der Waals surface area contributed by atoms with Crippen LogP contribution in [0.1, 0.15) is 60.9 Å². The molecule has 1 aliphatic rings. The first-order chi connectivity index (χ1) is 15.4. The van der Waals surface area contributed by atoms with Crippen molar-refractivity contribution in [3.63, 3.8) is 0 Å². The Morgan fingerprint density at radius 1 is 0.939 bits per heavy atom. The number of hydrogen-bond donors (Lipinski definition) is 2. The first-order valence-corrected chi connectivity index (χ1v) is 10.7. The summed E-state index contributed by atoms with van der Waals surface area (Å²) >= 11 is 0. The summed E-state index contributed by atoms with van der Waals surface area (Å²) in [7, 11) is 1.84. The van der Waals surface area contributed by atoms with Gasteiger partial charge in [-0.1, -0.05) is 30.3 Å². The minimum absolute atomic E-state index is 0.0858. The van der Waals surface area contributed by atoms with Crippen molar-refractivity contribution in [2.75, 3.05) is 7.05 Å². The van der Waals surface area contributed by atoms with Gasteiger partial charge >= 0.3 is 12.4 Å². The van der Waals surface area contributed by atoms with Gasteiger partial charge in [0.2, 0.25) is 5.91 Å². The van der Waals surface area contributed by atoms with Crippen LogP contribution in [0.4, 0.5) is 26.3 Å². The average Bonchev–Trinajstić information content (AvgIpc) is 2.78. The number of nitrogens with one attached hydrogen (secondary N) is 2. The van der Waals surface area contributed by atoms with Crippen LogP contribution in [0.3, 0.4) is 0 Å². The zero-order chi connectivity index (χ0) is 24.4. The van der Waals surface area contributed by atoms with E-state index >= 15 is 0 Å². The molecule has 1 amide bonds. The highest BCUT2D eigenvalue weighted by Gasteiger charge is 2.44. The van der Waals surface area contributed by atoms with E-state index in [-0.39, 0.29) is 17.7 Å². The van der Waals surface area contributed by atoms with Gasteiger partial charge in [-0.3, -0.25) is 4.79 Å². The first kappa shape index (κ1) is 25.1. The van der Waals surface area contributed by atoms with Gasteiger partial charge in [0.25, 0.3) is 0 Å². The van der Waals surface area contributed by atoms with Gasteiger partial charge in [0, 0.05) is 6.04 Å². The molecule has 3 nitrogen and oxygen atoms in total. The summed E-state index contributed by atoms with van der Waals surface area (Å²) in [5.41, 5.74) is -3.18. The second kappa shape index (κ2) is 9.37. The van der Waals surface area contributed by atoms with Crippen molar-refractivity contribution in [2.24, 2.45) is 0 Å². The summed E-state index contributed by atoms with van der Waals surface area (Å²) in [5, 5.41) is 5.90. The fraction of sp³-hybridized carbons (Fsp3) is 0.458. The maximum absolute atomic E-state index is 13.5. The average molecular weight is 472 g/mol. The van der Waals surface area contributed by atoms with Crippen molar-refractivity contribution in [1.82, 2.24) is 10.6 Å². The number of benzene rings is 2. The predicted octanol–water partition coefficient (Wildman–Crippen LogP) is 6.00. The van der Waals surface area contributed by atoms with Gasteiger partial charge in [-0.2, -0.15) is 26.3 Å². The third-order valence-corrected chi connectivity index (χ3v) is 6.47. The Balaban J connectivity index is 1.94. The molecule has 33 heavy (non-hydrogen) atoms. The molecule has 0 spiro atoms. The molecule has 1 fully saturated rings. The number of carbonyl (C=O) groups is 1. The van der Waals surface area contributed by atoms with E-state index in [1.54, 1.807) is 12.1 Å². The topological polar surface area (TPSA) is 41.1 Å². The van der Waals surface area contributed by atoms with E-state index in [9.17, 15) is 31.1 Å². The third-order valence-electron chi connectivity index (χ3n) is 6.47. The Labute approximate surface area is 188 Å². The molecule has 3 rings (SSSR count). The molecular formula is C24H26F6N2O. The highest BCUT2D eigenvalue weighted by molar-refractivity contribution is 5.88. The normalized spacial score (nSPS) is 22.6. The van der Waals surface area contributed by atoms with Crippen molar-refractivity contribution in [3.05, 3.63) is 70.8 Å². The molecule has 0 aromatic heterocycles. The highest BCUT2D eigenvalue weighted by Crippen LogP contribution is 2.41. The summed E-state index contributed by atoms with van der Waals surface area (Å²) in [5.74, 6) is -0.401. The summed E-state index contributed by atoms with van der Waals surface area (Å²) < 4.78 is 79.5. The molecule has 2 N–H and O–H groups in total. The van der Waals surface area contributed by atoms with Gasteiger partial charge < -0.3 is 10.6 Å². The van der Waals surface area contributed by atoms with Gasteiger partial charge in [0.1, 0.15) is 0 Å². The maximum Gasteiger partial charge on any atom is 0.416 e. The Morgan fingerprint density at radius 2 is 1.45 bits per heavy atom. The largest absolute Gasteiger partial charge is 0.416 e. The number of alkyl halides is 6. The summed E-state index contributed by atoms with van der Waals surface area (Å²) in [6.45, 7) is 1.39. The predicted molar refractivity (Wildman–Crippen MR) is 112 cm³/mol. The fourth-order valence-corrected chi connectivity index (χ4v) is 4.45. The lowest BCUT2D eigenvalue weighted by molar-refractivity contribution is -0.143. The quantitative estimate of drug-likeness (QED) is 0.524. The minimum atomic E-state index is -4.95. The van der Waals surface area contributed by atoms with Gasteiger partial charge in [-0.15, -0.1) is 0 Å². The smallest absolute Gasteiger partial charge is 0.349 e. The first-order valence-electron chi connectivity index (χ1n) is 10.7. The van der Waals surface area contributed by atoms with Crippen LogP contribution < -0.4 is 10.6 Å². The third kappa shape index (κ3) is 5.51. The second-order valence-corrected chi connectivity index (χ2v) is 8.55. The van der Waals surface area contributed by atoms with Crippen LogP contribution in [0.5, 0.6) is 0 Å². The second-order valence-electron chi connectivity index (χ2n) is 8.55. The van der Waals surface area contributed by atoms with Gasteiger partial charge in [0.05, 0.1) is 22.6 Å². The van der Waals surface area contributed by atoms with E-state index in [1.807, 2.05) is 25.2 Å². The SMILES string of the molecule is CNC1CCC(C(=O)NC(C)c2cc(C(F)(F)F)cc(C(F)(F)F)c2)(c2ccccc2)CC1. The van der Waals surface area contributed by atoms with Crippen molar-refractivity contribution in [2.45, 2.75) is 62.5 Å². The molecule has 1 unspecified atom stereocenters. The molecular weight excluding hydrogens is 446 g/mol. The van der Waals surface area contributed by atoms with Crippen LogP contribution in [0.25, 0.3) is 0 Å². The fourth-order valence-electron chi connectivity index (χ4n) is 4.45. The monoisotopic (exact) mass is 472 g/mol.